The molecule has 5 heteroatoms. The van der Waals surface area contributed by atoms with Gasteiger partial charge in [-0.2, -0.15) is 0 Å². The summed E-state index contributed by atoms with van der Waals surface area (Å²) in [5.74, 6) is 0.356. The van der Waals surface area contributed by atoms with Gasteiger partial charge in [0, 0.05) is 38.1 Å². The molecule has 124 valence electrons. The van der Waals surface area contributed by atoms with Crippen molar-refractivity contribution in [2.75, 3.05) is 26.7 Å². The molecule has 0 spiro atoms. The molecule has 3 unspecified atom stereocenters. The number of carbonyl (C=O) groups excluding carboxylic acids is 2. The molecule has 0 N–H and O–H groups in total. The summed E-state index contributed by atoms with van der Waals surface area (Å²) in [7, 11) is 2.20. The van der Waals surface area contributed by atoms with Crippen LogP contribution in [0.2, 0.25) is 0 Å². The molecule has 3 fully saturated rings. The van der Waals surface area contributed by atoms with Gasteiger partial charge in [-0.05, 0) is 45.6 Å². The summed E-state index contributed by atoms with van der Waals surface area (Å²) in [5.41, 5.74) is 0. The SMILES string of the molecule is CCCC(=O)N1CCCC1C(=O)N1CCC2CCC(C1)N2C. The highest BCUT2D eigenvalue weighted by Crippen LogP contribution is 2.30. The van der Waals surface area contributed by atoms with Crippen molar-refractivity contribution in [2.24, 2.45) is 0 Å². The molecule has 3 aliphatic heterocycles. The number of hydrogen-bond acceptors (Lipinski definition) is 3. The van der Waals surface area contributed by atoms with Gasteiger partial charge in [0.2, 0.25) is 11.8 Å². The monoisotopic (exact) mass is 307 g/mol. The molecule has 3 rings (SSSR count). The average molecular weight is 307 g/mol. The minimum Gasteiger partial charge on any atom is -0.339 e. The zero-order valence-electron chi connectivity index (χ0n) is 14.0. The zero-order chi connectivity index (χ0) is 15.7. The topological polar surface area (TPSA) is 43.9 Å². The first kappa shape index (κ1) is 15.8. The predicted octanol–water partition coefficient (Wildman–Crippen LogP) is 1.47. The average Bonchev–Trinajstić information content (AvgIpc) is 3.04. The van der Waals surface area contributed by atoms with E-state index in [1.807, 2.05) is 16.7 Å². The van der Waals surface area contributed by atoms with Crippen LogP contribution in [0, 0.1) is 0 Å². The van der Waals surface area contributed by atoms with E-state index in [9.17, 15) is 9.59 Å². The maximum absolute atomic E-state index is 13.0. The van der Waals surface area contributed by atoms with Crippen molar-refractivity contribution in [2.45, 2.75) is 70.0 Å². The maximum atomic E-state index is 13.0. The molecule has 3 heterocycles. The van der Waals surface area contributed by atoms with Crippen molar-refractivity contribution in [3.63, 3.8) is 0 Å². The molecular weight excluding hydrogens is 278 g/mol. The van der Waals surface area contributed by atoms with Crippen LogP contribution in [0.15, 0.2) is 0 Å². The van der Waals surface area contributed by atoms with Crippen molar-refractivity contribution >= 4 is 11.8 Å². The molecule has 3 saturated heterocycles. The first-order valence-electron chi connectivity index (χ1n) is 8.92. The standard InChI is InChI=1S/C17H29N3O2/c1-3-5-16(21)20-10-4-6-15(20)17(22)19-11-9-13-7-8-14(12-19)18(13)2/h13-15H,3-12H2,1-2H3. The molecule has 3 aliphatic rings. The number of amides is 2. The lowest BCUT2D eigenvalue weighted by atomic mass is 10.1. The van der Waals surface area contributed by atoms with Crippen LogP contribution in [-0.4, -0.2) is 71.3 Å². The number of likely N-dealkylation sites (tertiary alicyclic amines) is 2. The van der Waals surface area contributed by atoms with Gasteiger partial charge in [0.25, 0.3) is 0 Å². The van der Waals surface area contributed by atoms with Gasteiger partial charge in [-0.1, -0.05) is 6.92 Å². The zero-order valence-corrected chi connectivity index (χ0v) is 14.0. The Morgan fingerprint density at radius 3 is 2.59 bits per heavy atom. The first-order valence-corrected chi connectivity index (χ1v) is 8.92. The molecule has 0 aliphatic carbocycles. The van der Waals surface area contributed by atoms with Gasteiger partial charge >= 0.3 is 0 Å². The van der Waals surface area contributed by atoms with Crippen molar-refractivity contribution in [3.05, 3.63) is 0 Å². The number of hydrogen-bond donors (Lipinski definition) is 0. The molecule has 0 saturated carbocycles. The second-order valence-corrected chi connectivity index (χ2v) is 7.12. The normalized spacial score (nSPS) is 32.4. The van der Waals surface area contributed by atoms with Gasteiger partial charge < -0.3 is 9.80 Å². The van der Waals surface area contributed by atoms with Crippen LogP contribution in [0.3, 0.4) is 0 Å². The van der Waals surface area contributed by atoms with Crippen LogP contribution < -0.4 is 0 Å². The Morgan fingerprint density at radius 2 is 1.82 bits per heavy atom. The minimum absolute atomic E-state index is 0.159. The van der Waals surface area contributed by atoms with E-state index in [0.29, 0.717) is 18.5 Å². The van der Waals surface area contributed by atoms with E-state index >= 15 is 0 Å². The number of carbonyl (C=O) groups is 2. The van der Waals surface area contributed by atoms with Crippen molar-refractivity contribution in [1.29, 1.82) is 0 Å². The van der Waals surface area contributed by atoms with Gasteiger partial charge in [0.15, 0.2) is 0 Å². The Kier molecular flexibility index (Phi) is 4.71. The Labute approximate surface area is 133 Å². The first-order chi connectivity index (χ1) is 10.6. The summed E-state index contributed by atoms with van der Waals surface area (Å²) >= 11 is 0. The fourth-order valence-electron chi connectivity index (χ4n) is 4.40. The lowest BCUT2D eigenvalue weighted by Gasteiger charge is -2.31. The molecule has 0 radical (unpaired) electrons. The summed E-state index contributed by atoms with van der Waals surface area (Å²) in [4.78, 5) is 31.6. The quantitative estimate of drug-likeness (QED) is 0.793. The van der Waals surface area contributed by atoms with Gasteiger partial charge in [0.1, 0.15) is 6.04 Å². The molecule has 0 aromatic rings. The van der Waals surface area contributed by atoms with Gasteiger partial charge in [-0.15, -0.1) is 0 Å². The van der Waals surface area contributed by atoms with E-state index in [1.54, 1.807) is 0 Å². The molecule has 5 nitrogen and oxygen atoms in total. The number of likely N-dealkylation sites (N-methyl/N-ethyl adjacent to an activating group) is 1. The van der Waals surface area contributed by atoms with Gasteiger partial charge in [-0.3, -0.25) is 14.5 Å². The Bertz CT molecular complexity index is 440. The van der Waals surface area contributed by atoms with Crippen LogP contribution in [0.25, 0.3) is 0 Å². The predicted molar refractivity (Wildman–Crippen MR) is 85.4 cm³/mol. The Hall–Kier alpha value is -1.10. The molecule has 2 amide bonds. The molecule has 3 atom stereocenters. The molecule has 22 heavy (non-hydrogen) atoms. The number of rotatable bonds is 3. The molecule has 0 aromatic carbocycles. The van der Waals surface area contributed by atoms with E-state index in [-0.39, 0.29) is 17.9 Å². The fraction of sp³-hybridized carbons (Fsp3) is 0.882. The lowest BCUT2D eigenvalue weighted by Crippen LogP contribution is -2.50. The summed E-state index contributed by atoms with van der Waals surface area (Å²) < 4.78 is 0. The van der Waals surface area contributed by atoms with Gasteiger partial charge in [-0.25, -0.2) is 0 Å². The minimum atomic E-state index is -0.194. The van der Waals surface area contributed by atoms with Crippen LogP contribution in [0.4, 0.5) is 0 Å². The molecule has 2 bridgehead atoms. The van der Waals surface area contributed by atoms with Crippen molar-refractivity contribution in [3.8, 4) is 0 Å². The lowest BCUT2D eigenvalue weighted by molar-refractivity contribution is -0.144. The van der Waals surface area contributed by atoms with E-state index in [2.05, 4.69) is 11.9 Å². The number of nitrogens with zero attached hydrogens (tertiary/aromatic N) is 3. The van der Waals surface area contributed by atoms with Crippen LogP contribution >= 0.6 is 0 Å². The smallest absolute Gasteiger partial charge is 0.245 e. The van der Waals surface area contributed by atoms with E-state index < -0.39 is 0 Å². The van der Waals surface area contributed by atoms with Crippen molar-refractivity contribution in [1.82, 2.24) is 14.7 Å². The Balaban J connectivity index is 1.66. The van der Waals surface area contributed by atoms with E-state index in [0.717, 1.165) is 45.3 Å². The highest BCUT2D eigenvalue weighted by atomic mass is 16.2. The van der Waals surface area contributed by atoms with Crippen LogP contribution in [0.1, 0.15) is 51.9 Å². The number of fused-ring (bicyclic) bond motifs is 2. The third kappa shape index (κ3) is 2.87. The summed E-state index contributed by atoms with van der Waals surface area (Å²) in [6.07, 6.45) is 6.78. The summed E-state index contributed by atoms with van der Waals surface area (Å²) in [5, 5.41) is 0. The second kappa shape index (κ2) is 6.57. The third-order valence-corrected chi connectivity index (χ3v) is 5.78. The second-order valence-electron chi connectivity index (χ2n) is 7.12. The molecular formula is C17H29N3O2. The fourth-order valence-corrected chi connectivity index (χ4v) is 4.40. The highest BCUT2D eigenvalue weighted by Gasteiger charge is 2.40. The summed E-state index contributed by atoms with van der Waals surface area (Å²) in [6.45, 7) is 4.48. The Morgan fingerprint density at radius 1 is 1.05 bits per heavy atom. The largest absolute Gasteiger partial charge is 0.339 e. The maximum Gasteiger partial charge on any atom is 0.245 e. The third-order valence-electron chi connectivity index (χ3n) is 5.78. The van der Waals surface area contributed by atoms with E-state index in [1.165, 1.54) is 12.8 Å². The van der Waals surface area contributed by atoms with Gasteiger partial charge in [0.05, 0.1) is 0 Å². The highest BCUT2D eigenvalue weighted by molar-refractivity contribution is 5.88. The summed E-state index contributed by atoms with van der Waals surface area (Å²) in [6, 6.07) is 0.961. The van der Waals surface area contributed by atoms with Crippen LogP contribution in [-0.2, 0) is 9.59 Å². The van der Waals surface area contributed by atoms with Crippen LogP contribution in [0.5, 0.6) is 0 Å². The molecule has 0 aromatic heterocycles. The van der Waals surface area contributed by atoms with E-state index in [4.69, 9.17) is 0 Å². The van der Waals surface area contributed by atoms with Crippen molar-refractivity contribution < 1.29 is 9.59 Å².